The lowest BCUT2D eigenvalue weighted by Gasteiger charge is -2.13. The number of halogens is 4. The summed E-state index contributed by atoms with van der Waals surface area (Å²) in [6, 6.07) is 13.8. The molecule has 0 atom stereocenters. The van der Waals surface area contributed by atoms with Crippen molar-refractivity contribution in [1.82, 2.24) is 15.5 Å². The second kappa shape index (κ2) is 10.0. The standard InChI is InChI=1S/C27H23ClF3N5O2/c1-14-2-4-17(33-26(38)34-18-7-9-22(28)21(12-18)27(29,30)31)11-20(14)15-3-8-19-23(10-15)35-36-24(19)13-25(37)32-16-5-6-16/h2-4,7-12,16H,5-6,13H2,1H3,(H,32,37)(H,35,36)(H2,33,34,38). The third-order valence-electron chi connectivity index (χ3n) is 6.25. The Hall–Kier alpha value is -4.05. The van der Waals surface area contributed by atoms with Crippen LogP contribution in [0.4, 0.5) is 29.3 Å². The van der Waals surface area contributed by atoms with Gasteiger partial charge in [-0.1, -0.05) is 29.8 Å². The summed E-state index contributed by atoms with van der Waals surface area (Å²) in [7, 11) is 0. The fraction of sp³-hybridized carbons (Fsp3) is 0.222. The largest absolute Gasteiger partial charge is 0.417 e. The molecule has 0 unspecified atom stereocenters. The molecule has 0 radical (unpaired) electrons. The summed E-state index contributed by atoms with van der Waals surface area (Å²) in [5.41, 5.74) is 3.46. The van der Waals surface area contributed by atoms with E-state index in [2.05, 4.69) is 26.1 Å². The van der Waals surface area contributed by atoms with Gasteiger partial charge in [0.15, 0.2) is 0 Å². The van der Waals surface area contributed by atoms with Crippen LogP contribution in [0.3, 0.4) is 0 Å². The number of nitrogens with zero attached hydrogens (tertiary/aromatic N) is 1. The van der Waals surface area contributed by atoms with Gasteiger partial charge >= 0.3 is 12.2 Å². The number of rotatable bonds is 6. The molecule has 1 heterocycles. The molecule has 1 aliphatic carbocycles. The highest BCUT2D eigenvalue weighted by Crippen LogP contribution is 2.36. The van der Waals surface area contributed by atoms with Crippen LogP contribution in [-0.4, -0.2) is 28.2 Å². The lowest BCUT2D eigenvalue weighted by Crippen LogP contribution is -2.27. The normalized spacial score (nSPS) is 13.4. The number of aromatic amines is 1. The van der Waals surface area contributed by atoms with Gasteiger partial charge in [-0.2, -0.15) is 18.3 Å². The van der Waals surface area contributed by atoms with Crippen LogP contribution < -0.4 is 16.0 Å². The van der Waals surface area contributed by atoms with Gasteiger partial charge in [-0.15, -0.1) is 0 Å². The average Bonchev–Trinajstić information content (AvgIpc) is 3.58. The number of aryl methyl sites for hydroxylation is 1. The van der Waals surface area contributed by atoms with Crippen molar-refractivity contribution in [3.63, 3.8) is 0 Å². The van der Waals surface area contributed by atoms with Gasteiger partial charge < -0.3 is 16.0 Å². The monoisotopic (exact) mass is 541 g/mol. The topological polar surface area (TPSA) is 98.9 Å². The molecule has 4 N–H and O–H groups in total. The van der Waals surface area contributed by atoms with E-state index in [1.165, 1.54) is 6.07 Å². The smallest absolute Gasteiger partial charge is 0.353 e. The van der Waals surface area contributed by atoms with Gasteiger partial charge in [-0.05, 0) is 72.9 Å². The summed E-state index contributed by atoms with van der Waals surface area (Å²) < 4.78 is 39.4. The van der Waals surface area contributed by atoms with Crippen molar-refractivity contribution >= 4 is 45.8 Å². The molecule has 0 bridgehead atoms. The Kier molecular flexibility index (Phi) is 6.75. The van der Waals surface area contributed by atoms with E-state index in [0.29, 0.717) is 11.2 Å². The molecule has 196 valence electrons. The molecule has 3 amide bonds. The number of nitrogens with one attached hydrogen (secondary N) is 4. The molecule has 0 aliphatic heterocycles. The zero-order chi connectivity index (χ0) is 27.0. The van der Waals surface area contributed by atoms with Crippen LogP contribution in [0.5, 0.6) is 0 Å². The lowest BCUT2D eigenvalue weighted by atomic mass is 9.98. The fourth-order valence-electron chi connectivity index (χ4n) is 4.16. The Morgan fingerprint density at radius 1 is 1.03 bits per heavy atom. The highest BCUT2D eigenvalue weighted by atomic mass is 35.5. The maximum Gasteiger partial charge on any atom is 0.417 e. The molecule has 38 heavy (non-hydrogen) atoms. The summed E-state index contributed by atoms with van der Waals surface area (Å²) in [6.07, 6.45) is -2.38. The van der Waals surface area contributed by atoms with Crippen molar-refractivity contribution in [3.05, 3.63) is 76.4 Å². The number of amides is 3. The van der Waals surface area contributed by atoms with Crippen LogP contribution >= 0.6 is 11.6 Å². The van der Waals surface area contributed by atoms with E-state index in [1.807, 2.05) is 31.2 Å². The Labute approximate surface area is 220 Å². The van der Waals surface area contributed by atoms with Gasteiger partial charge in [0, 0.05) is 22.8 Å². The van der Waals surface area contributed by atoms with Crippen LogP contribution in [0.25, 0.3) is 22.0 Å². The number of hydrogen-bond acceptors (Lipinski definition) is 3. The third-order valence-corrected chi connectivity index (χ3v) is 6.58. The zero-order valence-corrected chi connectivity index (χ0v) is 20.9. The highest BCUT2D eigenvalue weighted by Gasteiger charge is 2.33. The van der Waals surface area contributed by atoms with Gasteiger partial charge in [-0.25, -0.2) is 4.79 Å². The summed E-state index contributed by atoms with van der Waals surface area (Å²) in [4.78, 5) is 24.7. The maximum atomic E-state index is 13.1. The molecule has 7 nitrogen and oxygen atoms in total. The van der Waals surface area contributed by atoms with Crippen molar-refractivity contribution in [2.24, 2.45) is 0 Å². The number of carbonyl (C=O) groups is 2. The number of urea groups is 1. The average molecular weight is 542 g/mol. The van der Waals surface area contributed by atoms with Gasteiger partial charge in [0.2, 0.25) is 5.91 Å². The Bertz CT molecular complexity index is 1550. The number of fused-ring (bicyclic) bond motifs is 1. The molecule has 0 saturated heterocycles. The first-order chi connectivity index (χ1) is 18.1. The first kappa shape index (κ1) is 25.6. The number of aromatic nitrogens is 2. The minimum Gasteiger partial charge on any atom is -0.353 e. The zero-order valence-electron chi connectivity index (χ0n) is 20.2. The maximum absolute atomic E-state index is 13.1. The van der Waals surface area contributed by atoms with Crippen LogP contribution in [0.2, 0.25) is 5.02 Å². The minimum absolute atomic E-state index is 0.0387. The van der Waals surface area contributed by atoms with Crippen LogP contribution in [0.1, 0.15) is 29.7 Å². The van der Waals surface area contributed by atoms with Gasteiger partial charge in [0.1, 0.15) is 0 Å². The van der Waals surface area contributed by atoms with E-state index >= 15 is 0 Å². The number of alkyl halides is 3. The second-order valence-electron chi connectivity index (χ2n) is 9.25. The van der Waals surface area contributed by atoms with Crippen LogP contribution in [0.15, 0.2) is 54.6 Å². The summed E-state index contributed by atoms with van der Waals surface area (Å²) >= 11 is 5.65. The molecule has 5 rings (SSSR count). The predicted molar refractivity (Wildman–Crippen MR) is 140 cm³/mol. The van der Waals surface area contributed by atoms with Crippen molar-refractivity contribution < 1.29 is 22.8 Å². The Morgan fingerprint density at radius 3 is 2.45 bits per heavy atom. The van der Waals surface area contributed by atoms with E-state index in [0.717, 1.165) is 52.7 Å². The van der Waals surface area contributed by atoms with Gasteiger partial charge in [-0.3, -0.25) is 9.89 Å². The highest BCUT2D eigenvalue weighted by molar-refractivity contribution is 6.31. The number of benzene rings is 3. The lowest BCUT2D eigenvalue weighted by molar-refractivity contribution is -0.137. The van der Waals surface area contributed by atoms with Crippen molar-refractivity contribution in [3.8, 4) is 11.1 Å². The number of hydrogen-bond donors (Lipinski definition) is 4. The Morgan fingerprint density at radius 2 is 1.74 bits per heavy atom. The minimum atomic E-state index is -4.64. The summed E-state index contributed by atoms with van der Waals surface area (Å²) in [5, 5.41) is 15.7. The van der Waals surface area contributed by atoms with Crippen molar-refractivity contribution in [1.29, 1.82) is 0 Å². The van der Waals surface area contributed by atoms with E-state index in [9.17, 15) is 22.8 Å². The molecular weight excluding hydrogens is 519 g/mol. The molecule has 0 spiro atoms. The summed E-state index contributed by atoms with van der Waals surface area (Å²) in [6.45, 7) is 1.92. The van der Waals surface area contributed by atoms with E-state index in [-0.39, 0.29) is 24.1 Å². The fourth-order valence-corrected chi connectivity index (χ4v) is 4.39. The SMILES string of the molecule is Cc1ccc(NC(=O)Nc2ccc(Cl)c(C(F)(F)F)c2)cc1-c1ccc2c(CC(=O)NC3CC3)[nH]nc2c1. The van der Waals surface area contributed by atoms with Crippen molar-refractivity contribution in [2.75, 3.05) is 10.6 Å². The summed E-state index contributed by atoms with van der Waals surface area (Å²) in [5.74, 6) is -0.0387. The van der Waals surface area contributed by atoms with E-state index < -0.39 is 22.8 Å². The third kappa shape index (κ3) is 5.75. The molecular formula is C27H23ClF3N5O2. The quantitative estimate of drug-likeness (QED) is 0.219. The number of carbonyl (C=O) groups excluding carboxylic acids is 2. The van der Waals surface area contributed by atoms with E-state index in [1.54, 1.807) is 12.1 Å². The molecule has 11 heteroatoms. The molecule has 1 aliphatic rings. The predicted octanol–water partition coefficient (Wildman–Crippen LogP) is 6.68. The first-order valence-electron chi connectivity index (χ1n) is 11.9. The van der Waals surface area contributed by atoms with E-state index in [4.69, 9.17) is 11.6 Å². The Balaban J connectivity index is 1.32. The van der Waals surface area contributed by atoms with Crippen LogP contribution in [0, 0.1) is 6.92 Å². The molecule has 1 fully saturated rings. The molecule has 4 aromatic rings. The van der Waals surface area contributed by atoms with Crippen molar-refractivity contribution in [2.45, 2.75) is 38.4 Å². The molecule has 1 aromatic heterocycles. The second-order valence-corrected chi connectivity index (χ2v) is 9.66. The number of H-pyrrole nitrogens is 1. The molecule has 1 saturated carbocycles. The van der Waals surface area contributed by atoms with Gasteiger partial charge in [0.25, 0.3) is 0 Å². The van der Waals surface area contributed by atoms with Crippen LogP contribution in [-0.2, 0) is 17.4 Å². The molecule has 3 aromatic carbocycles. The first-order valence-corrected chi connectivity index (χ1v) is 12.3. The van der Waals surface area contributed by atoms with Gasteiger partial charge in [0.05, 0.1) is 28.2 Å². The number of anilines is 2.